The van der Waals surface area contributed by atoms with Crippen molar-refractivity contribution in [3.63, 3.8) is 0 Å². The van der Waals surface area contributed by atoms with Gasteiger partial charge in [-0.1, -0.05) is 12.2 Å². The van der Waals surface area contributed by atoms with Crippen LogP contribution in [0.4, 0.5) is 0 Å². The summed E-state index contributed by atoms with van der Waals surface area (Å²) in [6.07, 6.45) is 8.44. The van der Waals surface area contributed by atoms with Gasteiger partial charge in [0.25, 0.3) is 0 Å². The fourth-order valence-corrected chi connectivity index (χ4v) is 3.94. The Labute approximate surface area is 136 Å². The fourth-order valence-electron chi connectivity index (χ4n) is 3.34. The molecule has 0 bridgehead atoms. The minimum atomic E-state index is 0.220. The van der Waals surface area contributed by atoms with Gasteiger partial charge in [-0.25, -0.2) is 4.98 Å². The highest BCUT2D eigenvalue weighted by atomic mass is 32.1. The summed E-state index contributed by atoms with van der Waals surface area (Å²) in [5.74, 6) is 0.591. The van der Waals surface area contributed by atoms with Crippen molar-refractivity contribution >= 4 is 17.2 Å². The van der Waals surface area contributed by atoms with Crippen LogP contribution in [0.5, 0.6) is 0 Å². The first kappa shape index (κ1) is 15.7. The molecular weight excluding hydrogens is 294 g/mol. The molecule has 0 aromatic carbocycles. The first-order valence-electron chi connectivity index (χ1n) is 8.29. The molecule has 1 aliphatic heterocycles. The van der Waals surface area contributed by atoms with Crippen molar-refractivity contribution in [2.45, 2.75) is 39.2 Å². The zero-order valence-electron chi connectivity index (χ0n) is 13.3. The van der Waals surface area contributed by atoms with E-state index in [-0.39, 0.29) is 5.92 Å². The summed E-state index contributed by atoms with van der Waals surface area (Å²) in [7, 11) is 0. The average molecular weight is 319 g/mol. The minimum absolute atomic E-state index is 0.220. The van der Waals surface area contributed by atoms with Crippen molar-refractivity contribution in [3.05, 3.63) is 28.2 Å². The number of carbonyl (C=O) groups excluding carboxylic acids is 1. The van der Waals surface area contributed by atoms with Gasteiger partial charge in [0.05, 0.1) is 10.7 Å². The Bertz CT molecular complexity index is 540. The van der Waals surface area contributed by atoms with Crippen molar-refractivity contribution in [1.82, 2.24) is 14.8 Å². The van der Waals surface area contributed by atoms with Gasteiger partial charge in [-0.3, -0.25) is 9.69 Å². The summed E-state index contributed by atoms with van der Waals surface area (Å²) in [5, 5.41) is 3.28. The van der Waals surface area contributed by atoms with E-state index in [0.29, 0.717) is 5.91 Å². The topological polar surface area (TPSA) is 36.4 Å². The van der Waals surface area contributed by atoms with Gasteiger partial charge in [-0.15, -0.1) is 11.3 Å². The molecule has 1 saturated heterocycles. The van der Waals surface area contributed by atoms with Crippen molar-refractivity contribution in [2.75, 3.05) is 26.2 Å². The zero-order chi connectivity index (χ0) is 15.4. The van der Waals surface area contributed by atoms with Gasteiger partial charge in [0.2, 0.25) is 5.91 Å². The maximum absolute atomic E-state index is 12.6. The fraction of sp³-hybridized carbons (Fsp3) is 0.647. The van der Waals surface area contributed by atoms with Gasteiger partial charge in [-0.2, -0.15) is 0 Å². The van der Waals surface area contributed by atoms with E-state index in [1.54, 1.807) is 11.3 Å². The molecule has 0 radical (unpaired) electrons. The quantitative estimate of drug-likeness (QED) is 0.804. The first-order valence-corrected chi connectivity index (χ1v) is 9.17. The normalized spacial score (nSPS) is 23.5. The number of aromatic nitrogens is 1. The third-order valence-corrected chi connectivity index (χ3v) is 5.39. The van der Waals surface area contributed by atoms with Crippen LogP contribution in [-0.2, 0) is 11.3 Å². The highest BCUT2D eigenvalue weighted by Gasteiger charge is 2.26. The van der Waals surface area contributed by atoms with Crippen LogP contribution in [0.1, 0.15) is 36.4 Å². The van der Waals surface area contributed by atoms with Gasteiger partial charge >= 0.3 is 0 Å². The maximum atomic E-state index is 12.6. The van der Waals surface area contributed by atoms with Crippen LogP contribution in [0.15, 0.2) is 17.5 Å². The molecule has 1 aromatic rings. The lowest BCUT2D eigenvalue weighted by Crippen LogP contribution is -2.39. The molecule has 120 valence electrons. The molecule has 4 nitrogen and oxygen atoms in total. The lowest BCUT2D eigenvalue weighted by atomic mass is 9.93. The van der Waals surface area contributed by atoms with Gasteiger partial charge in [0.1, 0.15) is 0 Å². The molecule has 3 rings (SSSR count). The molecule has 1 atom stereocenters. The Morgan fingerprint density at radius 3 is 2.95 bits per heavy atom. The van der Waals surface area contributed by atoms with E-state index in [1.807, 2.05) is 0 Å². The van der Waals surface area contributed by atoms with E-state index in [0.717, 1.165) is 63.4 Å². The molecule has 2 heterocycles. The van der Waals surface area contributed by atoms with Crippen LogP contribution in [0, 0.1) is 12.8 Å². The molecule has 0 unspecified atom stereocenters. The first-order chi connectivity index (χ1) is 10.7. The van der Waals surface area contributed by atoms with Crippen LogP contribution in [0.3, 0.4) is 0 Å². The SMILES string of the molecule is Cc1nc(CN2CCCN(C(=O)[C@H]3CC=CCC3)CC2)cs1. The van der Waals surface area contributed by atoms with E-state index < -0.39 is 0 Å². The van der Waals surface area contributed by atoms with Crippen LogP contribution in [0.25, 0.3) is 0 Å². The zero-order valence-corrected chi connectivity index (χ0v) is 14.1. The Morgan fingerprint density at radius 1 is 1.32 bits per heavy atom. The summed E-state index contributed by atoms with van der Waals surface area (Å²) < 4.78 is 0. The minimum Gasteiger partial charge on any atom is -0.341 e. The molecular formula is C17H25N3OS. The van der Waals surface area contributed by atoms with E-state index in [1.165, 1.54) is 5.69 Å². The number of nitrogens with zero attached hydrogens (tertiary/aromatic N) is 3. The smallest absolute Gasteiger partial charge is 0.226 e. The monoisotopic (exact) mass is 319 g/mol. The van der Waals surface area contributed by atoms with E-state index in [9.17, 15) is 4.79 Å². The number of amides is 1. The summed E-state index contributed by atoms with van der Waals surface area (Å²) in [4.78, 5) is 21.7. The molecule has 2 aliphatic rings. The van der Waals surface area contributed by atoms with Gasteiger partial charge in [0.15, 0.2) is 0 Å². The number of allylic oxidation sites excluding steroid dienone is 2. The molecule has 1 aliphatic carbocycles. The van der Waals surface area contributed by atoms with E-state index in [2.05, 4.69) is 39.2 Å². The van der Waals surface area contributed by atoms with E-state index >= 15 is 0 Å². The molecule has 1 amide bonds. The van der Waals surface area contributed by atoms with Crippen molar-refractivity contribution in [2.24, 2.45) is 5.92 Å². The Hall–Kier alpha value is -1.20. The largest absolute Gasteiger partial charge is 0.341 e. The molecule has 5 heteroatoms. The Balaban J connectivity index is 1.53. The Morgan fingerprint density at radius 2 is 2.23 bits per heavy atom. The number of hydrogen-bond acceptors (Lipinski definition) is 4. The standard InChI is InChI=1S/C17H25N3OS/c1-14-18-16(13-22-14)12-19-8-5-9-20(11-10-19)17(21)15-6-3-2-4-7-15/h2-3,13,15H,4-12H2,1H3/t15-/m0/s1. The van der Waals surface area contributed by atoms with Crippen molar-refractivity contribution in [3.8, 4) is 0 Å². The highest BCUT2D eigenvalue weighted by Crippen LogP contribution is 2.21. The molecule has 1 aromatic heterocycles. The third-order valence-electron chi connectivity index (χ3n) is 4.57. The lowest BCUT2D eigenvalue weighted by Gasteiger charge is -2.27. The summed E-state index contributed by atoms with van der Waals surface area (Å²) in [6, 6.07) is 0. The van der Waals surface area contributed by atoms with Gasteiger partial charge in [0, 0.05) is 44.0 Å². The van der Waals surface area contributed by atoms with E-state index in [4.69, 9.17) is 0 Å². The van der Waals surface area contributed by atoms with Gasteiger partial charge < -0.3 is 4.90 Å². The van der Waals surface area contributed by atoms with Crippen LogP contribution in [-0.4, -0.2) is 46.9 Å². The second-order valence-electron chi connectivity index (χ2n) is 6.29. The lowest BCUT2D eigenvalue weighted by molar-refractivity contribution is -0.135. The van der Waals surface area contributed by atoms with Crippen LogP contribution in [0.2, 0.25) is 0 Å². The number of rotatable bonds is 3. The Kier molecular flexibility index (Phi) is 5.26. The third kappa shape index (κ3) is 3.96. The molecule has 0 spiro atoms. The van der Waals surface area contributed by atoms with Crippen molar-refractivity contribution < 1.29 is 4.79 Å². The molecule has 22 heavy (non-hydrogen) atoms. The molecule has 0 saturated carbocycles. The predicted octanol–water partition coefficient (Wildman–Crippen LogP) is 2.84. The summed E-state index contributed by atoms with van der Waals surface area (Å²) >= 11 is 1.71. The summed E-state index contributed by atoms with van der Waals surface area (Å²) in [6.45, 7) is 6.76. The highest BCUT2D eigenvalue weighted by molar-refractivity contribution is 7.09. The van der Waals surface area contributed by atoms with Gasteiger partial charge in [-0.05, 0) is 32.6 Å². The second-order valence-corrected chi connectivity index (χ2v) is 7.36. The number of hydrogen-bond donors (Lipinski definition) is 0. The van der Waals surface area contributed by atoms with Crippen LogP contribution < -0.4 is 0 Å². The number of aryl methyl sites for hydroxylation is 1. The summed E-state index contributed by atoms with van der Waals surface area (Å²) in [5.41, 5.74) is 1.17. The van der Waals surface area contributed by atoms with Crippen molar-refractivity contribution in [1.29, 1.82) is 0 Å². The maximum Gasteiger partial charge on any atom is 0.226 e. The van der Waals surface area contributed by atoms with Crippen LogP contribution >= 0.6 is 11.3 Å². The second kappa shape index (κ2) is 7.38. The molecule has 0 N–H and O–H groups in total. The molecule has 1 fully saturated rings. The predicted molar refractivity (Wildman–Crippen MR) is 89.8 cm³/mol. The average Bonchev–Trinajstić information content (AvgIpc) is 2.81. The number of carbonyl (C=O) groups is 1. The number of thiazole rings is 1.